The van der Waals surface area contributed by atoms with E-state index in [2.05, 4.69) is 0 Å². The van der Waals surface area contributed by atoms with Gasteiger partial charge in [-0.2, -0.15) is 0 Å². The number of hydrogen-bond donors (Lipinski definition) is 1. The van der Waals surface area contributed by atoms with Crippen LogP contribution in [-0.4, -0.2) is 0 Å². The Morgan fingerprint density at radius 1 is 1.00 bits per heavy atom. The Morgan fingerprint density at radius 3 is 2.35 bits per heavy atom. The zero-order valence-electron chi connectivity index (χ0n) is 8.99. The van der Waals surface area contributed by atoms with Gasteiger partial charge in [-0.1, -0.05) is 0 Å². The average Bonchev–Trinajstić information content (AvgIpc) is 2.30. The Labute approximate surface area is 97.6 Å². The largest absolute Gasteiger partial charge is 0.489 e. The summed E-state index contributed by atoms with van der Waals surface area (Å²) in [5.41, 5.74) is 6.46. The zero-order valence-corrected chi connectivity index (χ0v) is 8.99. The highest BCUT2D eigenvalue weighted by molar-refractivity contribution is 5.41. The molecule has 0 fully saturated rings. The molecule has 2 aromatic rings. The summed E-state index contributed by atoms with van der Waals surface area (Å²) in [4.78, 5) is 0. The summed E-state index contributed by atoms with van der Waals surface area (Å²) in [6.45, 7) is 0.0516. The molecule has 0 aliphatic rings. The highest BCUT2D eigenvalue weighted by Gasteiger charge is 2.04. The first kappa shape index (κ1) is 11.4. The minimum Gasteiger partial charge on any atom is -0.489 e. The van der Waals surface area contributed by atoms with Crippen LogP contribution in [0.1, 0.15) is 5.56 Å². The van der Waals surface area contributed by atoms with Crippen molar-refractivity contribution in [3.05, 3.63) is 59.7 Å². The fraction of sp³-hybridized carbons (Fsp3) is 0.0769. The Morgan fingerprint density at radius 2 is 1.71 bits per heavy atom. The summed E-state index contributed by atoms with van der Waals surface area (Å²) in [6, 6.07) is 10.2. The number of benzene rings is 2. The summed E-state index contributed by atoms with van der Waals surface area (Å²) in [7, 11) is 0. The first-order valence-corrected chi connectivity index (χ1v) is 5.07. The molecule has 0 saturated carbocycles. The molecule has 0 radical (unpaired) electrons. The lowest BCUT2D eigenvalue weighted by Gasteiger charge is -2.07. The van der Waals surface area contributed by atoms with E-state index in [-0.39, 0.29) is 6.61 Å². The van der Waals surface area contributed by atoms with Crippen LogP contribution in [-0.2, 0) is 6.61 Å². The van der Waals surface area contributed by atoms with E-state index in [1.54, 1.807) is 24.3 Å². The fourth-order valence-electron chi connectivity index (χ4n) is 1.36. The van der Waals surface area contributed by atoms with E-state index in [0.717, 1.165) is 6.07 Å². The molecule has 4 heteroatoms. The van der Waals surface area contributed by atoms with E-state index in [9.17, 15) is 8.78 Å². The molecule has 17 heavy (non-hydrogen) atoms. The summed E-state index contributed by atoms with van der Waals surface area (Å²) in [5, 5.41) is 0. The van der Waals surface area contributed by atoms with Gasteiger partial charge < -0.3 is 10.5 Å². The van der Waals surface area contributed by atoms with Crippen LogP contribution >= 0.6 is 0 Å². The molecular formula is C13H11F2NO. The molecule has 0 unspecified atom stereocenters. The van der Waals surface area contributed by atoms with Gasteiger partial charge in [-0.15, -0.1) is 0 Å². The monoisotopic (exact) mass is 235 g/mol. The third-order valence-corrected chi connectivity index (χ3v) is 2.29. The van der Waals surface area contributed by atoms with Crippen molar-refractivity contribution in [1.82, 2.24) is 0 Å². The molecule has 0 aromatic heterocycles. The number of halogens is 2. The van der Waals surface area contributed by atoms with Gasteiger partial charge in [0.15, 0.2) is 0 Å². The van der Waals surface area contributed by atoms with Crippen LogP contribution in [0.15, 0.2) is 42.5 Å². The maximum absolute atomic E-state index is 13.3. The minimum absolute atomic E-state index is 0.0516. The first-order chi connectivity index (χ1) is 8.15. The number of hydrogen-bond acceptors (Lipinski definition) is 2. The van der Waals surface area contributed by atoms with Crippen LogP contribution in [0.2, 0.25) is 0 Å². The molecule has 0 aliphatic carbocycles. The van der Waals surface area contributed by atoms with E-state index in [1.807, 2.05) is 0 Å². The van der Waals surface area contributed by atoms with E-state index >= 15 is 0 Å². The van der Waals surface area contributed by atoms with Gasteiger partial charge in [-0.25, -0.2) is 8.78 Å². The lowest BCUT2D eigenvalue weighted by molar-refractivity contribution is 0.299. The highest BCUT2D eigenvalue weighted by Crippen LogP contribution is 2.16. The molecule has 2 rings (SSSR count). The van der Waals surface area contributed by atoms with Crippen LogP contribution < -0.4 is 10.5 Å². The fourth-order valence-corrected chi connectivity index (χ4v) is 1.36. The van der Waals surface area contributed by atoms with Gasteiger partial charge in [-0.05, 0) is 36.4 Å². The van der Waals surface area contributed by atoms with E-state index in [4.69, 9.17) is 10.5 Å². The van der Waals surface area contributed by atoms with Gasteiger partial charge in [-0.3, -0.25) is 0 Å². The summed E-state index contributed by atoms with van der Waals surface area (Å²) in [5.74, 6) is -0.623. The van der Waals surface area contributed by atoms with Crippen LogP contribution in [0, 0.1) is 11.6 Å². The predicted molar refractivity (Wildman–Crippen MR) is 61.5 cm³/mol. The van der Waals surface area contributed by atoms with Crippen molar-refractivity contribution in [2.75, 3.05) is 5.73 Å². The van der Waals surface area contributed by atoms with E-state index in [0.29, 0.717) is 17.0 Å². The van der Waals surface area contributed by atoms with Crippen molar-refractivity contribution in [3.8, 4) is 5.75 Å². The number of ether oxygens (including phenoxy) is 1. The van der Waals surface area contributed by atoms with Crippen LogP contribution in [0.3, 0.4) is 0 Å². The molecule has 2 nitrogen and oxygen atoms in total. The molecule has 0 heterocycles. The number of rotatable bonds is 3. The van der Waals surface area contributed by atoms with Crippen LogP contribution in [0.25, 0.3) is 0 Å². The maximum atomic E-state index is 13.3. The molecule has 2 aromatic carbocycles. The summed E-state index contributed by atoms with van der Waals surface area (Å²) in [6.07, 6.45) is 0. The average molecular weight is 235 g/mol. The maximum Gasteiger partial charge on any atom is 0.132 e. The molecule has 0 bridgehead atoms. The van der Waals surface area contributed by atoms with E-state index < -0.39 is 11.6 Å². The van der Waals surface area contributed by atoms with Gasteiger partial charge in [0.25, 0.3) is 0 Å². The second-order valence-corrected chi connectivity index (χ2v) is 3.59. The van der Waals surface area contributed by atoms with Crippen molar-refractivity contribution in [2.24, 2.45) is 0 Å². The normalized spacial score (nSPS) is 10.2. The second kappa shape index (κ2) is 4.82. The minimum atomic E-state index is -0.611. The van der Waals surface area contributed by atoms with Crippen molar-refractivity contribution in [3.63, 3.8) is 0 Å². The van der Waals surface area contributed by atoms with Gasteiger partial charge in [0.2, 0.25) is 0 Å². The number of nitrogen functional groups attached to an aromatic ring is 1. The molecular weight excluding hydrogens is 224 g/mol. The molecule has 2 N–H and O–H groups in total. The highest BCUT2D eigenvalue weighted by atomic mass is 19.1. The van der Waals surface area contributed by atoms with Gasteiger partial charge >= 0.3 is 0 Å². The molecule has 0 saturated heterocycles. The lowest BCUT2D eigenvalue weighted by Crippen LogP contribution is -1.99. The lowest BCUT2D eigenvalue weighted by atomic mass is 10.2. The Bertz CT molecular complexity index is 511. The molecule has 0 spiro atoms. The number of nitrogens with two attached hydrogens (primary N) is 1. The van der Waals surface area contributed by atoms with Crippen molar-refractivity contribution in [1.29, 1.82) is 0 Å². The van der Waals surface area contributed by atoms with Crippen molar-refractivity contribution < 1.29 is 13.5 Å². The molecule has 88 valence electrons. The molecule has 0 amide bonds. The Hall–Kier alpha value is -2.10. The third kappa shape index (κ3) is 2.93. The second-order valence-electron chi connectivity index (χ2n) is 3.59. The SMILES string of the molecule is Nc1ccc(OCc2ccc(F)cc2F)cc1. The van der Waals surface area contributed by atoms with Crippen LogP contribution in [0.5, 0.6) is 5.75 Å². The molecule has 0 aliphatic heterocycles. The van der Waals surface area contributed by atoms with Gasteiger partial charge in [0, 0.05) is 17.3 Å². The summed E-state index contributed by atoms with van der Waals surface area (Å²) >= 11 is 0. The Kier molecular flexibility index (Phi) is 3.23. The zero-order chi connectivity index (χ0) is 12.3. The quantitative estimate of drug-likeness (QED) is 0.829. The van der Waals surface area contributed by atoms with E-state index in [1.165, 1.54) is 12.1 Å². The first-order valence-electron chi connectivity index (χ1n) is 5.07. The standard InChI is InChI=1S/C13H11F2NO/c14-10-2-1-9(13(15)7-10)8-17-12-5-3-11(16)4-6-12/h1-7H,8,16H2. The third-order valence-electron chi connectivity index (χ3n) is 2.29. The van der Waals surface area contributed by atoms with Crippen molar-refractivity contribution in [2.45, 2.75) is 6.61 Å². The number of anilines is 1. The smallest absolute Gasteiger partial charge is 0.132 e. The summed E-state index contributed by atoms with van der Waals surface area (Å²) < 4.78 is 31.3. The van der Waals surface area contributed by atoms with Gasteiger partial charge in [0.1, 0.15) is 24.0 Å². The molecule has 0 atom stereocenters. The van der Waals surface area contributed by atoms with Crippen LogP contribution in [0.4, 0.5) is 14.5 Å². The predicted octanol–water partition coefficient (Wildman–Crippen LogP) is 3.13. The van der Waals surface area contributed by atoms with Crippen molar-refractivity contribution >= 4 is 5.69 Å². The topological polar surface area (TPSA) is 35.2 Å². The van der Waals surface area contributed by atoms with Gasteiger partial charge in [0.05, 0.1) is 0 Å². The Balaban J connectivity index is 2.04.